The van der Waals surface area contributed by atoms with Gasteiger partial charge in [-0.1, -0.05) is 0 Å². The number of rotatable bonds is 2. The number of carbonyl (C=O) groups excluding carboxylic acids is 1. The molecule has 0 radical (unpaired) electrons. The van der Waals surface area contributed by atoms with Crippen molar-refractivity contribution in [1.29, 1.82) is 0 Å². The molecule has 3 aromatic carbocycles. The van der Waals surface area contributed by atoms with E-state index in [2.05, 4.69) is 4.99 Å². The van der Waals surface area contributed by atoms with Crippen molar-refractivity contribution in [2.75, 3.05) is 33.3 Å². The maximum atomic E-state index is 13.4. The molecule has 0 bridgehead atoms. The van der Waals surface area contributed by atoms with Crippen LogP contribution in [-0.2, 0) is 6.18 Å². The standard InChI is InChI=1S/C26H21F4N3O3/c1-35-19-7-8-20-23(15-19)36-22-9-4-17(26(28,29)30)14-21(22)31-24(20)32-10-12-33(13-11-32)25(34)16-2-5-18(27)6-3-16/h2-9,14-15H,10-13H2,1H3. The topological polar surface area (TPSA) is 54.4 Å². The fraction of sp³-hybridized carbons (Fsp3) is 0.231. The largest absolute Gasteiger partial charge is 0.497 e. The fourth-order valence-electron chi connectivity index (χ4n) is 4.20. The van der Waals surface area contributed by atoms with Gasteiger partial charge in [-0.3, -0.25) is 4.79 Å². The molecule has 2 heterocycles. The average Bonchev–Trinajstić information content (AvgIpc) is 3.04. The van der Waals surface area contributed by atoms with Crippen molar-refractivity contribution in [3.05, 3.63) is 83.2 Å². The zero-order valence-corrected chi connectivity index (χ0v) is 19.2. The van der Waals surface area contributed by atoms with Crippen molar-refractivity contribution in [2.24, 2.45) is 4.99 Å². The number of ether oxygens (including phenoxy) is 2. The minimum Gasteiger partial charge on any atom is -0.497 e. The molecule has 3 aromatic rings. The molecule has 1 fully saturated rings. The molecule has 0 saturated carbocycles. The Hall–Kier alpha value is -4.08. The first-order valence-electron chi connectivity index (χ1n) is 11.2. The molecule has 186 valence electrons. The number of hydrogen-bond acceptors (Lipinski definition) is 5. The Kier molecular flexibility index (Phi) is 6.03. The zero-order valence-electron chi connectivity index (χ0n) is 19.2. The number of methoxy groups -OCH3 is 1. The summed E-state index contributed by atoms with van der Waals surface area (Å²) >= 11 is 0. The van der Waals surface area contributed by atoms with Crippen molar-refractivity contribution < 1.29 is 31.8 Å². The van der Waals surface area contributed by atoms with E-state index in [1.165, 1.54) is 37.4 Å². The van der Waals surface area contributed by atoms with Crippen LogP contribution in [0.15, 0.2) is 65.7 Å². The van der Waals surface area contributed by atoms with Crippen LogP contribution in [0.3, 0.4) is 0 Å². The number of piperazine rings is 1. The summed E-state index contributed by atoms with van der Waals surface area (Å²) < 4.78 is 64.6. The second kappa shape index (κ2) is 9.18. The highest BCUT2D eigenvalue weighted by Gasteiger charge is 2.33. The number of amidine groups is 1. The summed E-state index contributed by atoms with van der Waals surface area (Å²) in [6.45, 7) is 1.51. The van der Waals surface area contributed by atoms with E-state index in [1.54, 1.807) is 23.1 Å². The molecule has 0 N–H and O–H groups in total. The van der Waals surface area contributed by atoms with Crippen LogP contribution in [0.25, 0.3) is 0 Å². The highest BCUT2D eigenvalue weighted by atomic mass is 19.4. The Morgan fingerprint density at radius 1 is 0.944 bits per heavy atom. The molecular formula is C26H21F4N3O3. The van der Waals surface area contributed by atoms with Crippen molar-refractivity contribution in [1.82, 2.24) is 9.80 Å². The SMILES string of the molecule is COc1ccc2c(c1)Oc1ccc(C(F)(F)F)cc1N=C2N1CCN(C(=O)c2ccc(F)cc2)CC1. The molecule has 10 heteroatoms. The van der Waals surface area contributed by atoms with Crippen molar-refractivity contribution in [2.45, 2.75) is 6.18 Å². The van der Waals surface area contributed by atoms with Gasteiger partial charge in [0.1, 0.15) is 28.8 Å². The maximum Gasteiger partial charge on any atom is 0.416 e. The van der Waals surface area contributed by atoms with E-state index < -0.39 is 17.6 Å². The molecule has 2 aliphatic heterocycles. The number of amides is 1. The van der Waals surface area contributed by atoms with Crippen LogP contribution in [0, 0.1) is 5.82 Å². The Morgan fingerprint density at radius 3 is 2.33 bits per heavy atom. The van der Waals surface area contributed by atoms with E-state index in [9.17, 15) is 22.4 Å². The number of halogens is 4. The summed E-state index contributed by atoms with van der Waals surface area (Å²) in [5, 5.41) is 0. The van der Waals surface area contributed by atoms with Crippen molar-refractivity contribution >= 4 is 17.4 Å². The summed E-state index contributed by atoms with van der Waals surface area (Å²) in [7, 11) is 1.51. The van der Waals surface area contributed by atoms with Gasteiger partial charge in [-0.2, -0.15) is 13.2 Å². The van der Waals surface area contributed by atoms with Crippen LogP contribution in [-0.4, -0.2) is 54.8 Å². The van der Waals surface area contributed by atoms with Crippen LogP contribution in [0.5, 0.6) is 17.2 Å². The van der Waals surface area contributed by atoms with Crippen molar-refractivity contribution in [3.8, 4) is 17.2 Å². The van der Waals surface area contributed by atoms with Gasteiger partial charge in [0, 0.05) is 37.8 Å². The van der Waals surface area contributed by atoms with Crippen LogP contribution in [0.2, 0.25) is 0 Å². The third kappa shape index (κ3) is 4.58. The Labute approximate surface area is 204 Å². The second-order valence-corrected chi connectivity index (χ2v) is 8.37. The van der Waals surface area contributed by atoms with Gasteiger partial charge in [0.2, 0.25) is 0 Å². The molecule has 0 spiro atoms. The zero-order chi connectivity index (χ0) is 25.4. The van der Waals surface area contributed by atoms with Crippen LogP contribution in [0.4, 0.5) is 23.2 Å². The molecule has 0 aromatic heterocycles. The molecule has 0 aliphatic carbocycles. The average molecular weight is 499 g/mol. The molecule has 5 rings (SSSR count). The number of hydrogen-bond donors (Lipinski definition) is 0. The van der Waals surface area contributed by atoms with E-state index in [1.807, 2.05) is 4.90 Å². The molecule has 2 aliphatic rings. The number of carbonyl (C=O) groups is 1. The Bertz CT molecular complexity index is 1330. The smallest absolute Gasteiger partial charge is 0.416 e. The predicted molar refractivity (Wildman–Crippen MR) is 125 cm³/mol. The number of aliphatic imine (C=N–C) groups is 1. The third-order valence-electron chi connectivity index (χ3n) is 6.12. The Morgan fingerprint density at radius 2 is 1.67 bits per heavy atom. The van der Waals surface area contributed by atoms with Crippen LogP contribution in [0.1, 0.15) is 21.5 Å². The van der Waals surface area contributed by atoms with Crippen LogP contribution >= 0.6 is 0 Å². The highest BCUT2D eigenvalue weighted by Crippen LogP contribution is 2.42. The lowest BCUT2D eigenvalue weighted by Gasteiger charge is -2.36. The lowest BCUT2D eigenvalue weighted by Crippen LogP contribution is -2.50. The summed E-state index contributed by atoms with van der Waals surface area (Å²) in [5.41, 5.74) is 0.209. The van der Waals surface area contributed by atoms with E-state index >= 15 is 0 Å². The minimum absolute atomic E-state index is 0.0554. The van der Waals surface area contributed by atoms with Gasteiger partial charge >= 0.3 is 6.18 Å². The van der Waals surface area contributed by atoms with E-state index in [0.29, 0.717) is 54.6 Å². The monoisotopic (exact) mass is 499 g/mol. The van der Waals surface area contributed by atoms with Gasteiger partial charge in [-0.25, -0.2) is 9.38 Å². The quantitative estimate of drug-likeness (QED) is 0.438. The number of benzene rings is 3. The van der Waals surface area contributed by atoms with Gasteiger partial charge in [-0.05, 0) is 54.6 Å². The van der Waals surface area contributed by atoms with Crippen LogP contribution < -0.4 is 9.47 Å². The van der Waals surface area contributed by atoms with Crippen molar-refractivity contribution in [3.63, 3.8) is 0 Å². The molecule has 0 atom stereocenters. The predicted octanol–water partition coefficient (Wildman–Crippen LogP) is 5.50. The fourth-order valence-corrected chi connectivity index (χ4v) is 4.20. The second-order valence-electron chi connectivity index (χ2n) is 8.37. The van der Waals surface area contributed by atoms with Gasteiger partial charge in [-0.15, -0.1) is 0 Å². The molecular weight excluding hydrogens is 478 g/mol. The van der Waals surface area contributed by atoms with Gasteiger partial charge < -0.3 is 19.3 Å². The number of alkyl halides is 3. The Balaban J connectivity index is 1.46. The molecule has 1 amide bonds. The van der Waals surface area contributed by atoms with Gasteiger partial charge in [0.15, 0.2) is 5.75 Å². The maximum absolute atomic E-state index is 13.4. The molecule has 1 saturated heterocycles. The van der Waals surface area contributed by atoms with E-state index in [0.717, 1.165) is 12.1 Å². The lowest BCUT2D eigenvalue weighted by atomic mass is 10.1. The molecule has 6 nitrogen and oxygen atoms in total. The summed E-state index contributed by atoms with van der Waals surface area (Å²) in [5.74, 6) is 0.923. The minimum atomic E-state index is -4.53. The number of fused-ring (bicyclic) bond motifs is 2. The molecule has 0 unspecified atom stereocenters. The first-order chi connectivity index (χ1) is 17.2. The van der Waals surface area contributed by atoms with E-state index in [-0.39, 0.29) is 17.3 Å². The highest BCUT2D eigenvalue weighted by molar-refractivity contribution is 6.04. The first-order valence-corrected chi connectivity index (χ1v) is 11.2. The van der Waals surface area contributed by atoms with Gasteiger partial charge in [0.05, 0.1) is 18.2 Å². The lowest BCUT2D eigenvalue weighted by molar-refractivity contribution is -0.137. The normalized spacial score (nSPS) is 15.3. The van der Waals surface area contributed by atoms with E-state index in [4.69, 9.17) is 9.47 Å². The summed E-state index contributed by atoms with van der Waals surface area (Å²) in [6, 6.07) is 13.7. The summed E-state index contributed by atoms with van der Waals surface area (Å²) in [6.07, 6.45) is -4.53. The first kappa shape index (κ1) is 23.7. The molecule has 36 heavy (non-hydrogen) atoms. The third-order valence-corrected chi connectivity index (χ3v) is 6.12. The van der Waals surface area contributed by atoms with Gasteiger partial charge in [0.25, 0.3) is 5.91 Å². The number of nitrogens with zero attached hydrogens (tertiary/aromatic N) is 3. The summed E-state index contributed by atoms with van der Waals surface area (Å²) in [4.78, 5) is 21.0.